The Kier molecular flexibility index (Phi) is 8.72. The van der Waals surface area contributed by atoms with Gasteiger partial charge in [-0.2, -0.15) is 0 Å². The highest BCUT2D eigenvalue weighted by atomic mass is 30.8. The third-order valence-corrected chi connectivity index (χ3v) is 260. The Morgan fingerprint density at radius 3 is 0.758 bits per heavy atom. The van der Waals surface area contributed by atoms with Crippen LogP contribution in [0.4, 0.5) is 0 Å². The van der Waals surface area contributed by atoms with E-state index in [1.54, 1.807) is 36.3 Å². The van der Waals surface area contributed by atoms with Crippen LogP contribution in [0.25, 0.3) is 0 Å². The van der Waals surface area contributed by atoms with Crippen molar-refractivity contribution in [1.29, 1.82) is 0 Å². The smallest absolute Gasteiger partial charge is 0.0306 e. The summed E-state index contributed by atoms with van der Waals surface area (Å²) in [5.41, 5.74) is 0. The van der Waals surface area contributed by atoms with E-state index in [4.69, 9.17) is 0 Å². The van der Waals surface area contributed by atoms with E-state index >= 15 is 0 Å². The van der Waals surface area contributed by atoms with Crippen molar-refractivity contribution in [3.8, 4) is 0 Å². The van der Waals surface area contributed by atoms with Crippen LogP contribution in [0, 0.1) is 23.7 Å². The standard InChI is InChI=1S/C26H64Si7/c1-17-29(18-2)32(27(11,12)13)30(19-23(3)4,20-24(5)6)33(29,28(14,15)16)31(32,21-25(7)8)22-26(9)10/h23-26H,17-22H2,1-16H3. The molecule has 0 radical (unpaired) electrons. The van der Waals surface area contributed by atoms with Crippen LogP contribution in [0.3, 0.4) is 0 Å². The van der Waals surface area contributed by atoms with E-state index in [1.165, 1.54) is 0 Å². The van der Waals surface area contributed by atoms with E-state index in [2.05, 4.69) is 109 Å². The second-order valence-corrected chi connectivity index (χ2v) is 105. The van der Waals surface area contributed by atoms with Crippen molar-refractivity contribution in [2.45, 2.75) is 145 Å². The topological polar surface area (TPSA) is 0 Å². The van der Waals surface area contributed by atoms with Gasteiger partial charge in [-0.25, -0.2) is 0 Å². The van der Waals surface area contributed by atoms with Gasteiger partial charge in [0.05, 0.1) is 0 Å². The number of hydrogen-bond donors (Lipinski definition) is 0. The first-order valence-corrected chi connectivity index (χ1v) is 41.0. The lowest BCUT2D eigenvalue weighted by Crippen LogP contribution is -3.37. The molecular formula is C26H64Si7. The lowest BCUT2D eigenvalue weighted by Gasteiger charge is -3.05. The van der Waals surface area contributed by atoms with Crippen LogP contribution in [0.15, 0.2) is 0 Å². The molecule has 33 heavy (non-hydrogen) atoms. The maximum atomic E-state index is 3.00. The average molecular weight is 573 g/mol. The molecule has 0 amide bonds. The Morgan fingerprint density at radius 1 is 0.424 bits per heavy atom. The molecule has 3 heterocycles. The quantitative estimate of drug-likeness (QED) is 0.204. The zero-order chi connectivity index (χ0) is 26.1. The zero-order valence-electron chi connectivity index (χ0n) is 26.1. The molecule has 0 atom stereocenters. The fourth-order valence-electron chi connectivity index (χ4n) is 13.2. The predicted octanol–water partition coefficient (Wildman–Crippen LogP) is 9.23. The van der Waals surface area contributed by atoms with Gasteiger partial charge in [-0.3, -0.25) is 0 Å². The van der Waals surface area contributed by atoms with Crippen LogP contribution in [0.1, 0.15) is 69.2 Å². The zero-order valence-corrected chi connectivity index (χ0v) is 33.1. The summed E-state index contributed by atoms with van der Waals surface area (Å²) in [5, 5.41) is 0. The molecule has 3 saturated heterocycles. The van der Waals surface area contributed by atoms with Crippen LogP contribution >= 0.6 is 0 Å². The molecular weight excluding hydrogens is 509 g/mol. The molecule has 0 aromatic rings. The third kappa shape index (κ3) is 3.36. The van der Waals surface area contributed by atoms with Gasteiger partial charge in [0.1, 0.15) is 0 Å². The first-order valence-electron chi connectivity index (χ1n) is 14.8. The molecule has 0 N–H and O–H groups in total. The van der Waals surface area contributed by atoms with E-state index in [1.807, 2.05) is 0 Å². The Bertz CT molecular complexity index is 604. The molecule has 7 heteroatoms. The van der Waals surface area contributed by atoms with Crippen LogP contribution < -0.4 is 0 Å². The van der Waals surface area contributed by atoms with Gasteiger partial charge in [-0.15, -0.1) is 0 Å². The molecule has 0 nitrogen and oxygen atoms in total. The summed E-state index contributed by atoms with van der Waals surface area (Å²) in [6.45, 7) is 44.8. The van der Waals surface area contributed by atoms with Crippen LogP contribution in [-0.2, 0) is 0 Å². The van der Waals surface area contributed by atoms with Crippen molar-refractivity contribution >= 4 is 48.8 Å². The van der Waals surface area contributed by atoms with Crippen LogP contribution in [0.2, 0.25) is 75.5 Å². The maximum Gasteiger partial charge on any atom is 0.0306 e. The first-order chi connectivity index (χ1) is 14.8. The second-order valence-electron chi connectivity index (χ2n) is 16.3. The Morgan fingerprint density at radius 2 is 0.636 bits per heavy atom. The van der Waals surface area contributed by atoms with E-state index < -0.39 is 48.8 Å². The van der Waals surface area contributed by atoms with Crippen molar-refractivity contribution in [1.82, 2.24) is 0 Å². The molecule has 3 aliphatic rings. The molecule has 0 aliphatic carbocycles. The molecule has 0 aromatic carbocycles. The summed E-state index contributed by atoms with van der Waals surface area (Å²) in [6.07, 6.45) is -2.35. The maximum absolute atomic E-state index is 3.00. The van der Waals surface area contributed by atoms with Crippen molar-refractivity contribution in [2.24, 2.45) is 23.7 Å². The molecule has 3 rings (SSSR count). The molecule has 3 aliphatic heterocycles. The SMILES string of the molecule is CC[Si]1(CC)[Si]2([Si](C)(C)C)[Si](CC(C)C)(CC(C)C)[Si]1([Si](C)(C)C)[Si]2(CC(C)C)CC(C)C. The van der Waals surface area contributed by atoms with Crippen LogP contribution in [0.5, 0.6) is 0 Å². The molecule has 0 unspecified atom stereocenters. The van der Waals surface area contributed by atoms with Gasteiger partial charge >= 0.3 is 0 Å². The highest BCUT2D eigenvalue weighted by Gasteiger charge is 3.09. The summed E-state index contributed by atoms with van der Waals surface area (Å²) < 4.78 is 0. The fourth-order valence-corrected chi connectivity index (χ4v) is 559. The second kappa shape index (κ2) is 9.37. The normalized spacial score (nSPS) is 30.2. The molecule has 2 bridgehead atoms. The third-order valence-electron chi connectivity index (χ3n) is 10.8. The molecule has 0 saturated carbocycles. The summed E-state index contributed by atoms with van der Waals surface area (Å²) >= 11 is 0. The van der Waals surface area contributed by atoms with Crippen molar-refractivity contribution in [2.75, 3.05) is 0 Å². The lowest BCUT2D eigenvalue weighted by atomic mass is 10.3. The number of rotatable bonds is 12. The molecule has 3 fully saturated rings. The Hall–Kier alpha value is 1.52. The largest absolute Gasteiger partial charge is 0.0721 e. The van der Waals surface area contributed by atoms with Gasteiger partial charge in [0.2, 0.25) is 0 Å². The summed E-state index contributed by atoms with van der Waals surface area (Å²) in [6, 6.07) is 10.7. The Balaban J connectivity index is 3.18. The summed E-state index contributed by atoms with van der Waals surface area (Å²) in [7, 11) is -5.80. The minimum Gasteiger partial charge on any atom is -0.0721 e. The summed E-state index contributed by atoms with van der Waals surface area (Å²) in [5.74, 6) is 3.86. The van der Waals surface area contributed by atoms with Gasteiger partial charge in [-0.05, 0) is 23.7 Å². The molecule has 196 valence electrons. The van der Waals surface area contributed by atoms with E-state index in [0.717, 1.165) is 23.7 Å². The van der Waals surface area contributed by atoms with Gasteiger partial charge in [0.25, 0.3) is 0 Å². The van der Waals surface area contributed by atoms with Gasteiger partial charge < -0.3 is 0 Å². The molecule has 0 aromatic heterocycles. The first kappa shape index (κ1) is 30.7. The minimum absolute atomic E-state index is 0.965. The summed E-state index contributed by atoms with van der Waals surface area (Å²) in [4.78, 5) is 0. The van der Waals surface area contributed by atoms with E-state index in [0.29, 0.717) is 0 Å². The fraction of sp³-hybridized carbons (Fsp3) is 1.00. The van der Waals surface area contributed by atoms with Crippen molar-refractivity contribution in [3.63, 3.8) is 0 Å². The van der Waals surface area contributed by atoms with Crippen LogP contribution in [-0.4, -0.2) is 48.8 Å². The van der Waals surface area contributed by atoms with Crippen molar-refractivity contribution < 1.29 is 0 Å². The van der Waals surface area contributed by atoms with Gasteiger partial charge in [-0.1, -0.05) is 145 Å². The Labute approximate surface area is 216 Å². The monoisotopic (exact) mass is 572 g/mol. The van der Waals surface area contributed by atoms with E-state index in [-0.39, 0.29) is 0 Å². The average Bonchev–Trinajstić information content (AvgIpc) is 2.53. The predicted molar refractivity (Wildman–Crippen MR) is 175 cm³/mol. The van der Waals surface area contributed by atoms with E-state index in [9.17, 15) is 0 Å². The number of hydrogen-bond acceptors (Lipinski definition) is 0. The highest BCUT2D eigenvalue weighted by Crippen LogP contribution is 2.81. The van der Waals surface area contributed by atoms with Crippen molar-refractivity contribution in [3.05, 3.63) is 0 Å². The minimum atomic E-state index is -1.19. The highest BCUT2D eigenvalue weighted by molar-refractivity contribution is 8.60. The van der Waals surface area contributed by atoms with Gasteiger partial charge in [0.15, 0.2) is 0 Å². The molecule has 0 spiro atoms. The van der Waals surface area contributed by atoms with Gasteiger partial charge in [0, 0.05) is 48.8 Å². The lowest BCUT2D eigenvalue weighted by molar-refractivity contribution is 0.683.